The number of carbonyl (C=O) groups is 2. The molecule has 5 nitrogen and oxygen atoms in total. The van der Waals surface area contributed by atoms with E-state index in [1.54, 1.807) is 50.5 Å². The van der Waals surface area contributed by atoms with E-state index in [9.17, 15) is 9.59 Å². The predicted molar refractivity (Wildman–Crippen MR) is 116 cm³/mol. The van der Waals surface area contributed by atoms with E-state index >= 15 is 0 Å². The smallest absolute Gasteiger partial charge is 0.248 e. The van der Waals surface area contributed by atoms with Crippen LogP contribution < -0.4 is 15.4 Å². The third-order valence-corrected chi connectivity index (χ3v) is 4.74. The summed E-state index contributed by atoms with van der Waals surface area (Å²) in [6.07, 6.45) is 5.61. The van der Waals surface area contributed by atoms with Gasteiger partial charge in [-0.3, -0.25) is 9.59 Å². The van der Waals surface area contributed by atoms with Crippen LogP contribution in [0.2, 0.25) is 0 Å². The second-order valence-electron chi connectivity index (χ2n) is 7.70. The molecule has 2 aromatic carbocycles. The maximum absolute atomic E-state index is 12.9. The number of rotatable bonds is 5. The first-order valence-electron chi connectivity index (χ1n) is 9.56. The van der Waals surface area contributed by atoms with Gasteiger partial charge in [-0.1, -0.05) is 12.1 Å². The lowest BCUT2D eigenvalue weighted by atomic mass is 9.85. The molecule has 150 valence electrons. The zero-order valence-corrected chi connectivity index (χ0v) is 17.2. The molecule has 0 atom stereocenters. The second kappa shape index (κ2) is 8.35. The highest BCUT2D eigenvalue weighted by Crippen LogP contribution is 2.32. The Kier molecular flexibility index (Phi) is 5.87. The number of fused-ring (bicyclic) bond motifs is 1. The van der Waals surface area contributed by atoms with Crippen molar-refractivity contribution in [3.8, 4) is 5.75 Å². The lowest BCUT2D eigenvalue weighted by molar-refractivity contribution is -0.111. The van der Waals surface area contributed by atoms with E-state index in [0.29, 0.717) is 11.3 Å². The molecule has 0 saturated heterocycles. The van der Waals surface area contributed by atoms with Crippen molar-refractivity contribution in [2.24, 2.45) is 0 Å². The van der Waals surface area contributed by atoms with Crippen molar-refractivity contribution in [2.45, 2.75) is 32.7 Å². The molecule has 1 amide bonds. The van der Waals surface area contributed by atoms with Crippen molar-refractivity contribution in [2.75, 3.05) is 12.4 Å². The fourth-order valence-electron chi connectivity index (χ4n) is 3.42. The van der Waals surface area contributed by atoms with E-state index in [4.69, 9.17) is 4.74 Å². The predicted octanol–water partition coefficient (Wildman–Crippen LogP) is 4.36. The molecule has 0 fully saturated rings. The SMILES string of the molecule is CC=CC(=O)Nc1ccc(C(=O)C=C2NC(C)(C)Cc3ccc(OC)cc32)cc1. The molecular formula is C24H26N2O3. The Balaban J connectivity index is 1.87. The summed E-state index contributed by atoms with van der Waals surface area (Å²) in [5.41, 5.74) is 3.98. The van der Waals surface area contributed by atoms with Crippen molar-refractivity contribution in [1.29, 1.82) is 0 Å². The quantitative estimate of drug-likeness (QED) is 0.588. The molecule has 3 rings (SSSR count). The van der Waals surface area contributed by atoms with Crippen molar-refractivity contribution < 1.29 is 14.3 Å². The highest BCUT2D eigenvalue weighted by molar-refractivity contribution is 6.09. The van der Waals surface area contributed by atoms with E-state index in [1.807, 2.05) is 12.1 Å². The van der Waals surface area contributed by atoms with Gasteiger partial charge in [0.2, 0.25) is 5.91 Å². The molecule has 0 aromatic heterocycles. The molecule has 0 spiro atoms. The first-order valence-corrected chi connectivity index (χ1v) is 9.56. The maximum Gasteiger partial charge on any atom is 0.248 e. The van der Waals surface area contributed by atoms with Gasteiger partial charge in [0.15, 0.2) is 5.78 Å². The molecule has 29 heavy (non-hydrogen) atoms. The van der Waals surface area contributed by atoms with E-state index in [0.717, 1.165) is 23.4 Å². The number of amides is 1. The van der Waals surface area contributed by atoms with Gasteiger partial charge >= 0.3 is 0 Å². The lowest BCUT2D eigenvalue weighted by Gasteiger charge is -2.35. The molecule has 2 aromatic rings. The Morgan fingerprint density at radius 2 is 1.86 bits per heavy atom. The molecule has 2 N–H and O–H groups in total. The molecule has 1 aliphatic rings. The molecule has 5 heteroatoms. The van der Waals surface area contributed by atoms with Gasteiger partial charge < -0.3 is 15.4 Å². The van der Waals surface area contributed by atoms with Crippen LogP contribution in [0.25, 0.3) is 5.70 Å². The zero-order valence-electron chi connectivity index (χ0n) is 17.2. The number of methoxy groups -OCH3 is 1. The number of benzene rings is 2. The Morgan fingerprint density at radius 3 is 2.52 bits per heavy atom. The van der Waals surface area contributed by atoms with Gasteiger partial charge in [0.25, 0.3) is 0 Å². The van der Waals surface area contributed by atoms with Gasteiger partial charge in [-0.15, -0.1) is 0 Å². The third kappa shape index (κ3) is 4.93. The van der Waals surface area contributed by atoms with Crippen LogP contribution in [0.4, 0.5) is 5.69 Å². The van der Waals surface area contributed by atoms with Crippen LogP contribution in [0.3, 0.4) is 0 Å². The fraction of sp³-hybridized carbons (Fsp3) is 0.250. The Morgan fingerprint density at radius 1 is 1.14 bits per heavy atom. The highest BCUT2D eigenvalue weighted by atomic mass is 16.5. The fourth-order valence-corrected chi connectivity index (χ4v) is 3.42. The number of ketones is 1. The summed E-state index contributed by atoms with van der Waals surface area (Å²) in [5.74, 6) is 0.447. The van der Waals surface area contributed by atoms with Crippen LogP contribution in [-0.2, 0) is 11.2 Å². The van der Waals surface area contributed by atoms with Crippen molar-refractivity contribution in [3.63, 3.8) is 0 Å². The lowest BCUT2D eigenvalue weighted by Crippen LogP contribution is -2.43. The minimum atomic E-state index is -0.201. The number of ether oxygens (including phenoxy) is 1. The molecular weight excluding hydrogens is 364 g/mol. The normalized spacial score (nSPS) is 16.2. The van der Waals surface area contributed by atoms with Crippen molar-refractivity contribution >= 4 is 23.1 Å². The largest absolute Gasteiger partial charge is 0.497 e. The number of nitrogens with one attached hydrogen (secondary N) is 2. The summed E-state index contributed by atoms with van der Waals surface area (Å²) in [4.78, 5) is 24.5. The standard InChI is InChI=1S/C24H26N2O3/c1-5-6-23(28)25-18-10-7-16(8-11-18)22(27)14-21-20-13-19(29-4)12-9-17(20)15-24(2,3)26-21/h5-14,26H,15H2,1-4H3,(H,25,28). The van der Waals surface area contributed by atoms with Crippen LogP contribution in [0.15, 0.2) is 60.7 Å². The second-order valence-corrected chi connectivity index (χ2v) is 7.70. The molecule has 0 radical (unpaired) electrons. The van der Waals surface area contributed by atoms with Crippen LogP contribution in [-0.4, -0.2) is 24.3 Å². The molecule has 0 bridgehead atoms. The van der Waals surface area contributed by atoms with Gasteiger partial charge in [0, 0.05) is 34.1 Å². The van der Waals surface area contributed by atoms with E-state index < -0.39 is 0 Å². The summed E-state index contributed by atoms with van der Waals surface area (Å²) in [6.45, 7) is 6.00. The van der Waals surface area contributed by atoms with Gasteiger partial charge in [-0.25, -0.2) is 0 Å². The molecule has 0 saturated carbocycles. The first-order chi connectivity index (χ1) is 13.8. The average Bonchev–Trinajstić information content (AvgIpc) is 2.67. The van der Waals surface area contributed by atoms with E-state index in [1.165, 1.54) is 11.6 Å². The molecule has 0 unspecified atom stereocenters. The Labute approximate surface area is 171 Å². The topological polar surface area (TPSA) is 67.4 Å². The number of anilines is 1. The minimum absolute atomic E-state index is 0.106. The number of allylic oxidation sites excluding steroid dienone is 2. The summed E-state index contributed by atoms with van der Waals surface area (Å²) >= 11 is 0. The maximum atomic E-state index is 12.9. The van der Waals surface area contributed by atoms with Crippen LogP contribution in [0.1, 0.15) is 42.3 Å². The average molecular weight is 390 g/mol. The highest BCUT2D eigenvalue weighted by Gasteiger charge is 2.28. The Hall–Kier alpha value is -3.34. The van der Waals surface area contributed by atoms with Crippen molar-refractivity contribution in [1.82, 2.24) is 5.32 Å². The van der Waals surface area contributed by atoms with Gasteiger partial charge in [0.1, 0.15) is 5.75 Å². The van der Waals surface area contributed by atoms with Crippen molar-refractivity contribution in [3.05, 3.63) is 77.4 Å². The monoisotopic (exact) mass is 390 g/mol. The molecule has 1 heterocycles. The van der Waals surface area contributed by atoms with Crippen LogP contribution >= 0.6 is 0 Å². The Bertz CT molecular complexity index is 986. The summed E-state index contributed by atoms with van der Waals surface area (Å²) in [5, 5.41) is 6.22. The molecule has 1 aliphatic heterocycles. The molecule has 0 aliphatic carbocycles. The number of carbonyl (C=O) groups excluding carboxylic acids is 2. The summed E-state index contributed by atoms with van der Waals surface area (Å²) in [7, 11) is 1.63. The number of hydrogen-bond donors (Lipinski definition) is 2. The summed E-state index contributed by atoms with van der Waals surface area (Å²) < 4.78 is 5.35. The minimum Gasteiger partial charge on any atom is -0.497 e. The zero-order chi connectivity index (χ0) is 21.0. The van der Waals surface area contributed by atoms with Gasteiger partial charge in [0.05, 0.1) is 7.11 Å². The first kappa shape index (κ1) is 20.4. The van der Waals surface area contributed by atoms with Gasteiger partial charge in [-0.2, -0.15) is 0 Å². The summed E-state index contributed by atoms with van der Waals surface area (Å²) in [6, 6.07) is 12.8. The van der Waals surface area contributed by atoms with E-state index in [-0.39, 0.29) is 17.2 Å². The third-order valence-electron chi connectivity index (χ3n) is 4.74. The van der Waals surface area contributed by atoms with E-state index in [2.05, 4.69) is 30.5 Å². The number of hydrogen-bond acceptors (Lipinski definition) is 4. The van der Waals surface area contributed by atoms with Gasteiger partial charge in [-0.05, 0) is 75.2 Å². The van der Waals surface area contributed by atoms with Crippen LogP contribution in [0, 0.1) is 0 Å². The van der Waals surface area contributed by atoms with Crippen LogP contribution in [0.5, 0.6) is 5.75 Å².